The molecule has 0 aliphatic carbocycles. The summed E-state index contributed by atoms with van der Waals surface area (Å²) < 4.78 is 0. The fourth-order valence-electron chi connectivity index (χ4n) is 1.58. The van der Waals surface area contributed by atoms with Gasteiger partial charge in [0, 0.05) is 24.5 Å². The van der Waals surface area contributed by atoms with Crippen molar-refractivity contribution in [2.75, 3.05) is 13.1 Å². The number of carbonyl (C=O) groups is 1. The van der Waals surface area contributed by atoms with Gasteiger partial charge in [-0.3, -0.25) is 4.79 Å². The first-order chi connectivity index (χ1) is 5.91. The molecular weight excluding hydrogens is 164 g/mol. The van der Waals surface area contributed by atoms with Gasteiger partial charge >= 0.3 is 0 Å². The minimum absolute atomic E-state index is 0.249. The first-order valence-corrected chi connectivity index (χ1v) is 4.96. The van der Waals surface area contributed by atoms with E-state index in [-0.39, 0.29) is 11.3 Å². The maximum Gasteiger partial charge on any atom is 0.227 e. The predicted molar refractivity (Wildman–Crippen MR) is 53.2 cm³/mol. The zero-order chi connectivity index (χ0) is 10.1. The minimum atomic E-state index is -0.249. The Morgan fingerprint density at radius 1 is 1.31 bits per heavy atom. The van der Waals surface area contributed by atoms with Gasteiger partial charge in [-0.25, -0.2) is 0 Å². The normalized spacial score (nSPS) is 20.5. The summed E-state index contributed by atoms with van der Waals surface area (Å²) in [6.07, 6.45) is 1.89. The fourth-order valence-corrected chi connectivity index (χ4v) is 1.58. The van der Waals surface area contributed by atoms with E-state index >= 15 is 0 Å². The highest BCUT2D eigenvalue weighted by Crippen LogP contribution is 2.20. The third-order valence-electron chi connectivity index (χ3n) is 2.47. The van der Waals surface area contributed by atoms with Gasteiger partial charge in [0.05, 0.1) is 0 Å². The van der Waals surface area contributed by atoms with Gasteiger partial charge in [0.25, 0.3) is 0 Å². The molecule has 1 rings (SSSR count). The van der Waals surface area contributed by atoms with Crippen LogP contribution < -0.4 is 5.73 Å². The molecule has 1 aliphatic heterocycles. The van der Waals surface area contributed by atoms with Crippen molar-refractivity contribution < 1.29 is 4.79 Å². The van der Waals surface area contributed by atoms with Crippen molar-refractivity contribution in [2.45, 2.75) is 39.7 Å². The fraction of sp³-hybridized carbons (Fsp3) is 0.900. The Kier molecular flexibility index (Phi) is 2.96. The van der Waals surface area contributed by atoms with Crippen molar-refractivity contribution in [3.05, 3.63) is 0 Å². The van der Waals surface area contributed by atoms with E-state index in [1.807, 2.05) is 25.7 Å². The maximum atomic E-state index is 11.8. The van der Waals surface area contributed by atoms with Gasteiger partial charge in [-0.15, -0.1) is 0 Å². The molecule has 76 valence electrons. The van der Waals surface area contributed by atoms with E-state index in [2.05, 4.69) is 0 Å². The summed E-state index contributed by atoms with van der Waals surface area (Å²) in [5.41, 5.74) is 5.52. The highest BCUT2D eigenvalue weighted by atomic mass is 16.2. The highest BCUT2D eigenvalue weighted by Gasteiger charge is 2.29. The second-order valence-electron chi connectivity index (χ2n) is 4.88. The van der Waals surface area contributed by atoms with Gasteiger partial charge in [-0.05, 0) is 12.8 Å². The Balaban J connectivity index is 2.50. The molecule has 1 amide bonds. The number of carbonyl (C=O) groups excluding carboxylic acids is 1. The van der Waals surface area contributed by atoms with Gasteiger partial charge in [0.2, 0.25) is 5.91 Å². The second kappa shape index (κ2) is 3.66. The van der Waals surface area contributed by atoms with Crippen LogP contribution >= 0.6 is 0 Å². The molecule has 3 heteroatoms. The number of piperidine rings is 1. The molecule has 0 atom stereocenters. The lowest BCUT2D eigenvalue weighted by Crippen LogP contribution is -2.46. The number of rotatable bonds is 0. The molecule has 0 saturated carbocycles. The van der Waals surface area contributed by atoms with E-state index in [9.17, 15) is 4.79 Å². The van der Waals surface area contributed by atoms with Gasteiger partial charge in [0.15, 0.2) is 0 Å². The summed E-state index contributed by atoms with van der Waals surface area (Å²) >= 11 is 0. The van der Waals surface area contributed by atoms with Crippen molar-refractivity contribution >= 4 is 5.91 Å². The van der Waals surface area contributed by atoms with Crippen molar-refractivity contribution in [3.8, 4) is 0 Å². The van der Waals surface area contributed by atoms with Crippen molar-refractivity contribution in [3.63, 3.8) is 0 Å². The van der Waals surface area contributed by atoms with Crippen LogP contribution in [0.1, 0.15) is 33.6 Å². The first kappa shape index (κ1) is 10.5. The van der Waals surface area contributed by atoms with E-state index in [1.54, 1.807) is 0 Å². The Hall–Kier alpha value is -0.570. The second-order valence-corrected chi connectivity index (χ2v) is 4.88. The lowest BCUT2D eigenvalue weighted by atomic mass is 9.93. The molecule has 0 aromatic heterocycles. The molecule has 3 nitrogen and oxygen atoms in total. The van der Waals surface area contributed by atoms with Crippen LogP contribution in [0.3, 0.4) is 0 Å². The lowest BCUT2D eigenvalue weighted by molar-refractivity contribution is -0.140. The maximum absolute atomic E-state index is 11.8. The number of nitrogens with two attached hydrogens (primary N) is 1. The molecule has 0 radical (unpaired) electrons. The van der Waals surface area contributed by atoms with Gasteiger partial charge in [-0.1, -0.05) is 20.8 Å². The molecule has 2 N–H and O–H groups in total. The molecule has 1 heterocycles. The molecule has 1 saturated heterocycles. The average Bonchev–Trinajstić information content (AvgIpc) is 2.03. The van der Waals surface area contributed by atoms with Crippen LogP contribution in [0.2, 0.25) is 0 Å². The van der Waals surface area contributed by atoms with E-state index in [4.69, 9.17) is 5.73 Å². The zero-order valence-electron chi connectivity index (χ0n) is 8.84. The van der Waals surface area contributed by atoms with Gasteiger partial charge < -0.3 is 10.6 Å². The van der Waals surface area contributed by atoms with E-state index in [1.165, 1.54) is 0 Å². The minimum Gasteiger partial charge on any atom is -0.342 e. The molecule has 0 spiro atoms. The summed E-state index contributed by atoms with van der Waals surface area (Å²) in [7, 11) is 0. The quantitative estimate of drug-likeness (QED) is 0.610. The van der Waals surface area contributed by atoms with Crippen LogP contribution in [0.15, 0.2) is 0 Å². The molecule has 0 unspecified atom stereocenters. The summed E-state index contributed by atoms with van der Waals surface area (Å²) in [5, 5.41) is 0. The smallest absolute Gasteiger partial charge is 0.227 e. The lowest BCUT2D eigenvalue weighted by Gasteiger charge is -2.34. The molecule has 1 aliphatic rings. The summed E-state index contributed by atoms with van der Waals surface area (Å²) in [4.78, 5) is 13.7. The number of nitrogens with zero attached hydrogens (tertiary/aromatic N) is 1. The van der Waals surface area contributed by atoms with Crippen molar-refractivity contribution in [1.82, 2.24) is 4.90 Å². The number of likely N-dealkylation sites (tertiary alicyclic amines) is 1. The highest BCUT2D eigenvalue weighted by molar-refractivity contribution is 5.81. The van der Waals surface area contributed by atoms with Crippen LogP contribution in [0.5, 0.6) is 0 Å². The Bertz CT molecular complexity index is 188. The van der Waals surface area contributed by atoms with E-state index in [0.29, 0.717) is 6.04 Å². The van der Waals surface area contributed by atoms with Crippen LogP contribution in [0.4, 0.5) is 0 Å². The third-order valence-corrected chi connectivity index (χ3v) is 2.47. The Morgan fingerprint density at radius 3 is 2.15 bits per heavy atom. The largest absolute Gasteiger partial charge is 0.342 e. The average molecular weight is 184 g/mol. The molecule has 0 aromatic carbocycles. The molecule has 1 fully saturated rings. The van der Waals surface area contributed by atoms with Crippen LogP contribution in [-0.2, 0) is 4.79 Å². The van der Waals surface area contributed by atoms with Crippen LogP contribution in [-0.4, -0.2) is 29.9 Å². The Morgan fingerprint density at radius 2 is 1.77 bits per heavy atom. The standard InChI is InChI=1S/C10H20N2O/c1-10(2,3)9(13)12-6-4-8(11)5-7-12/h8H,4-7,11H2,1-3H3. The summed E-state index contributed by atoms with van der Waals surface area (Å²) in [5.74, 6) is 0.249. The molecule has 0 aromatic rings. The predicted octanol–water partition coefficient (Wildman–Crippen LogP) is 0.982. The molecule has 0 bridgehead atoms. The monoisotopic (exact) mass is 184 g/mol. The topological polar surface area (TPSA) is 46.3 Å². The SMILES string of the molecule is CC(C)(C)C(=O)N1CCC(N)CC1. The third kappa shape index (κ3) is 2.69. The van der Waals surface area contributed by atoms with Crippen LogP contribution in [0.25, 0.3) is 0 Å². The zero-order valence-corrected chi connectivity index (χ0v) is 8.84. The summed E-state index contributed by atoms with van der Waals surface area (Å²) in [6.45, 7) is 7.55. The number of amides is 1. The van der Waals surface area contributed by atoms with Crippen molar-refractivity contribution in [2.24, 2.45) is 11.1 Å². The van der Waals surface area contributed by atoms with Gasteiger partial charge in [-0.2, -0.15) is 0 Å². The molecule has 13 heavy (non-hydrogen) atoms. The summed E-state index contributed by atoms with van der Waals surface area (Å²) in [6, 6.07) is 0.295. The van der Waals surface area contributed by atoms with Crippen LogP contribution in [0, 0.1) is 5.41 Å². The van der Waals surface area contributed by atoms with Gasteiger partial charge in [0.1, 0.15) is 0 Å². The Labute approximate surface area is 80.3 Å². The first-order valence-electron chi connectivity index (χ1n) is 4.96. The molecular formula is C10H20N2O. The van der Waals surface area contributed by atoms with Crippen molar-refractivity contribution in [1.29, 1.82) is 0 Å². The van der Waals surface area contributed by atoms with E-state index in [0.717, 1.165) is 25.9 Å². The van der Waals surface area contributed by atoms with E-state index < -0.39 is 0 Å². The number of hydrogen-bond acceptors (Lipinski definition) is 2. The number of hydrogen-bond donors (Lipinski definition) is 1.